The van der Waals surface area contributed by atoms with Crippen molar-refractivity contribution in [1.29, 1.82) is 0 Å². The van der Waals surface area contributed by atoms with E-state index < -0.39 is 0 Å². The second kappa shape index (κ2) is 7.42. The van der Waals surface area contributed by atoms with Crippen LogP contribution in [0.4, 0.5) is 0 Å². The average molecular weight is 440 g/mol. The number of hydrogen-bond acceptors (Lipinski definition) is 0. The highest BCUT2D eigenvalue weighted by Crippen LogP contribution is 2.60. The predicted molar refractivity (Wildman–Crippen MR) is 139 cm³/mol. The number of aromatic nitrogens is 1. The smallest absolute Gasteiger partial charge is 0.198 e. The third kappa shape index (κ3) is 3.29. The van der Waals surface area contributed by atoms with Crippen LogP contribution in [0.2, 0.25) is 0 Å². The Kier molecular flexibility index (Phi) is 4.55. The first-order valence-electron chi connectivity index (χ1n) is 13.7. The fourth-order valence-corrected chi connectivity index (χ4v) is 8.07. The molecule has 4 aliphatic carbocycles. The lowest BCUT2D eigenvalue weighted by Gasteiger charge is -2.57. The normalized spacial score (nSPS) is 28.7. The summed E-state index contributed by atoms with van der Waals surface area (Å²) in [6.07, 6.45) is 8.54. The number of aryl methyl sites for hydroxylation is 1. The van der Waals surface area contributed by atoms with E-state index in [4.69, 9.17) is 1.37 Å². The van der Waals surface area contributed by atoms with Crippen LogP contribution in [-0.4, -0.2) is 0 Å². The van der Waals surface area contributed by atoms with Crippen molar-refractivity contribution in [3.8, 4) is 11.3 Å². The summed E-state index contributed by atoms with van der Waals surface area (Å²) in [7, 11) is 2.14. The maximum absolute atomic E-state index is 9.11. The van der Waals surface area contributed by atoms with Crippen molar-refractivity contribution in [2.75, 3.05) is 0 Å². The van der Waals surface area contributed by atoms with E-state index >= 15 is 0 Å². The molecule has 4 aliphatic rings. The van der Waals surface area contributed by atoms with Gasteiger partial charge < -0.3 is 0 Å². The van der Waals surface area contributed by atoms with Gasteiger partial charge in [0.05, 0.1) is 12.3 Å². The largest absolute Gasteiger partial charge is 0.220 e. The average Bonchev–Trinajstić information content (AvgIpc) is 2.79. The Labute approximate surface area is 201 Å². The Hall–Kier alpha value is -2.15. The second-order valence-corrected chi connectivity index (χ2v) is 12.2. The van der Waals surface area contributed by atoms with Gasteiger partial charge in [0.25, 0.3) is 0 Å². The van der Waals surface area contributed by atoms with E-state index in [-0.39, 0.29) is 0 Å². The van der Waals surface area contributed by atoms with Gasteiger partial charge in [-0.2, -0.15) is 4.57 Å². The number of hydrogen-bond donors (Lipinski definition) is 0. The third-order valence-corrected chi connectivity index (χ3v) is 9.69. The van der Waals surface area contributed by atoms with Crippen molar-refractivity contribution < 1.29 is 5.94 Å². The van der Waals surface area contributed by atoms with E-state index in [1.807, 2.05) is 0 Å². The van der Waals surface area contributed by atoms with E-state index in [9.17, 15) is 0 Å². The van der Waals surface area contributed by atoms with E-state index in [1.165, 1.54) is 77.4 Å². The molecular weight excluding hydrogens is 398 g/mol. The van der Waals surface area contributed by atoms with Crippen LogP contribution < -0.4 is 4.57 Å². The summed E-state index contributed by atoms with van der Waals surface area (Å²) in [5.41, 5.74) is 9.63. The Balaban J connectivity index is 1.57. The fourth-order valence-electron chi connectivity index (χ4n) is 8.07. The van der Waals surface area contributed by atoms with E-state index in [1.54, 1.807) is 0 Å². The molecule has 0 aliphatic heterocycles. The molecule has 1 nitrogen and oxygen atoms in total. The molecule has 0 N–H and O–H groups in total. The highest BCUT2D eigenvalue weighted by Gasteiger charge is 2.51. The zero-order chi connectivity index (χ0) is 23.9. The topological polar surface area (TPSA) is 3.88 Å². The van der Waals surface area contributed by atoms with Crippen LogP contribution in [0, 0.1) is 38.5 Å². The molecule has 0 atom stereocenters. The summed E-state index contributed by atoms with van der Waals surface area (Å²) in [5.74, 6) is 3.31. The molecule has 3 aromatic rings. The molecule has 4 fully saturated rings. The van der Waals surface area contributed by atoms with E-state index in [0.29, 0.717) is 17.4 Å². The van der Waals surface area contributed by atoms with E-state index in [0.717, 1.165) is 28.8 Å². The maximum atomic E-state index is 9.11. The SMILES string of the molecule is [2H]c1c(C)[n+](C)c(-c2cc(C(C)C)cc(C)c2C)c2ccc(C34CC5CC(CC(C5)C3)C4)cc12. The van der Waals surface area contributed by atoms with Crippen molar-refractivity contribution in [3.63, 3.8) is 0 Å². The van der Waals surface area contributed by atoms with Crippen LogP contribution in [-0.2, 0) is 12.5 Å². The molecule has 0 radical (unpaired) electrons. The molecule has 1 aromatic heterocycles. The summed E-state index contributed by atoms with van der Waals surface area (Å²) < 4.78 is 11.4. The highest BCUT2D eigenvalue weighted by molar-refractivity contribution is 5.94. The molecule has 0 spiro atoms. The Morgan fingerprint density at radius 1 is 0.939 bits per heavy atom. The molecule has 7 rings (SSSR count). The highest BCUT2D eigenvalue weighted by atomic mass is 14.9. The van der Waals surface area contributed by atoms with Gasteiger partial charge >= 0.3 is 0 Å². The van der Waals surface area contributed by atoms with Crippen LogP contribution in [0.1, 0.15) is 87.6 Å². The Morgan fingerprint density at radius 3 is 2.18 bits per heavy atom. The van der Waals surface area contributed by atoms with Crippen molar-refractivity contribution in [2.45, 2.75) is 84.5 Å². The molecule has 0 amide bonds. The number of rotatable bonds is 3. The number of pyridine rings is 1. The summed E-state index contributed by atoms with van der Waals surface area (Å²) in [4.78, 5) is 0. The van der Waals surface area contributed by atoms with Gasteiger partial charge in [-0.05, 0) is 121 Å². The first-order valence-corrected chi connectivity index (χ1v) is 13.2. The minimum atomic E-state index is 0.367. The number of benzene rings is 2. The Morgan fingerprint density at radius 2 is 1.58 bits per heavy atom. The molecule has 33 heavy (non-hydrogen) atoms. The summed E-state index contributed by atoms with van der Waals surface area (Å²) >= 11 is 0. The van der Waals surface area contributed by atoms with Gasteiger partial charge in [0.2, 0.25) is 5.69 Å². The van der Waals surface area contributed by atoms with Crippen molar-refractivity contribution in [1.82, 2.24) is 0 Å². The first-order chi connectivity index (χ1) is 16.2. The van der Waals surface area contributed by atoms with Gasteiger partial charge in [-0.1, -0.05) is 32.0 Å². The van der Waals surface area contributed by atoms with Crippen molar-refractivity contribution in [3.05, 3.63) is 64.3 Å². The quantitative estimate of drug-likeness (QED) is 0.366. The molecular formula is C32H40N+. The van der Waals surface area contributed by atoms with Crippen LogP contribution >= 0.6 is 0 Å². The molecule has 2 aromatic carbocycles. The lowest BCUT2D eigenvalue weighted by molar-refractivity contribution is -0.665. The minimum absolute atomic E-state index is 0.367. The number of fused-ring (bicyclic) bond motifs is 1. The zero-order valence-electron chi connectivity index (χ0n) is 22.4. The zero-order valence-corrected chi connectivity index (χ0v) is 21.4. The number of nitrogens with zero attached hydrogens (tertiary/aromatic N) is 1. The van der Waals surface area contributed by atoms with Crippen LogP contribution in [0.15, 0.2) is 36.4 Å². The van der Waals surface area contributed by atoms with Gasteiger partial charge in [-0.15, -0.1) is 0 Å². The minimum Gasteiger partial charge on any atom is -0.198 e. The van der Waals surface area contributed by atoms with Crippen LogP contribution in [0.3, 0.4) is 0 Å². The Bertz CT molecular complexity index is 1280. The van der Waals surface area contributed by atoms with Gasteiger partial charge in [-0.3, -0.25) is 0 Å². The predicted octanol–water partition coefficient (Wildman–Crippen LogP) is 7.85. The fraction of sp³-hybridized carbons (Fsp3) is 0.531. The standard InChI is InChI=1S/C32H40N/c1-19(2)26-9-20(3)22(5)30(15-26)31-29-8-7-28(14-27(29)10-21(4)33(31)6)32-16-23-11-24(17-32)13-25(12-23)18-32/h7-10,14-15,19,23-25H,11-13,16-18H2,1-6H3/q+1/i10D. The van der Waals surface area contributed by atoms with Crippen LogP contribution in [0.5, 0.6) is 0 Å². The van der Waals surface area contributed by atoms with Crippen molar-refractivity contribution in [2.24, 2.45) is 24.8 Å². The lowest BCUT2D eigenvalue weighted by atomic mass is 9.48. The molecule has 1 heteroatoms. The van der Waals surface area contributed by atoms with Gasteiger partial charge in [0.1, 0.15) is 7.05 Å². The van der Waals surface area contributed by atoms with E-state index in [2.05, 4.69) is 76.6 Å². The summed E-state index contributed by atoms with van der Waals surface area (Å²) in [6.45, 7) is 11.2. The van der Waals surface area contributed by atoms with Crippen LogP contribution in [0.25, 0.3) is 22.0 Å². The van der Waals surface area contributed by atoms with Gasteiger partial charge in [-0.25, -0.2) is 0 Å². The molecule has 4 bridgehead atoms. The summed E-state index contributed by atoms with van der Waals surface area (Å²) in [6, 6.07) is 12.7. The second-order valence-electron chi connectivity index (χ2n) is 12.2. The molecule has 172 valence electrons. The summed E-state index contributed by atoms with van der Waals surface area (Å²) in [5, 5.41) is 2.38. The molecule has 1 heterocycles. The molecule has 4 saturated carbocycles. The molecule has 0 unspecified atom stereocenters. The van der Waals surface area contributed by atoms with Crippen molar-refractivity contribution >= 4 is 10.8 Å². The molecule has 0 saturated heterocycles. The third-order valence-electron chi connectivity index (χ3n) is 9.69. The monoisotopic (exact) mass is 439 g/mol. The van der Waals surface area contributed by atoms with Gasteiger partial charge in [0.15, 0.2) is 5.69 Å². The maximum Gasteiger partial charge on any atom is 0.220 e. The van der Waals surface area contributed by atoms with Gasteiger partial charge in [0, 0.05) is 13.0 Å². The first kappa shape index (κ1) is 20.2. The lowest BCUT2D eigenvalue weighted by Crippen LogP contribution is -2.48.